The van der Waals surface area contributed by atoms with Gasteiger partial charge in [-0.3, -0.25) is 14.6 Å². The minimum atomic E-state index is -0.558. The number of pyridine rings is 1. The minimum absolute atomic E-state index is 0.0610. The van der Waals surface area contributed by atoms with Crippen LogP contribution >= 0.6 is 0 Å². The summed E-state index contributed by atoms with van der Waals surface area (Å²) < 4.78 is 0. The number of rotatable bonds is 6. The topological polar surface area (TPSA) is 62.3 Å². The Bertz CT molecular complexity index is 898. The van der Waals surface area contributed by atoms with Gasteiger partial charge in [0, 0.05) is 37.9 Å². The van der Waals surface area contributed by atoms with E-state index in [1.807, 2.05) is 36.2 Å². The van der Waals surface area contributed by atoms with Gasteiger partial charge in [-0.05, 0) is 54.9 Å². The summed E-state index contributed by atoms with van der Waals surface area (Å²) in [6, 6.07) is 12.3. The average molecular weight is 392 g/mol. The van der Waals surface area contributed by atoms with Gasteiger partial charge >= 0.3 is 0 Å². The van der Waals surface area contributed by atoms with Gasteiger partial charge in [0.2, 0.25) is 11.8 Å². The number of aromatic nitrogens is 1. The molecule has 1 aliphatic carbocycles. The number of hydrogen-bond acceptors (Lipinski definition) is 3. The molecule has 2 aliphatic rings. The Morgan fingerprint density at radius 2 is 2.03 bits per heavy atom. The molecule has 1 aliphatic heterocycles. The van der Waals surface area contributed by atoms with Crippen molar-refractivity contribution in [3.63, 3.8) is 0 Å². The molecular formula is C24H29N3O2. The minimum Gasteiger partial charge on any atom is -0.356 e. The first-order valence-corrected chi connectivity index (χ1v) is 10.6. The first-order chi connectivity index (χ1) is 14.0. The second-order valence-corrected chi connectivity index (χ2v) is 8.59. The van der Waals surface area contributed by atoms with Gasteiger partial charge in [-0.2, -0.15) is 0 Å². The first kappa shape index (κ1) is 19.6. The van der Waals surface area contributed by atoms with Crippen molar-refractivity contribution in [3.8, 4) is 11.1 Å². The van der Waals surface area contributed by atoms with Crippen LogP contribution in [0, 0.1) is 17.3 Å². The summed E-state index contributed by atoms with van der Waals surface area (Å²) in [5.74, 6) is 0.936. The Labute approximate surface area is 172 Å². The van der Waals surface area contributed by atoms with Crippen LogP contribution in [-0.4, -0.2) is 41.3 Å². The van der Waals surface area contributed by atoms with E-state index < -0.39 is 5.41 Å². The van der Waals surface area contributed by atoms with Gasteiger partial charge in [-0.1, -0.05) is 37.3 Å². The third-order valence-corrected chi connectivity index (χ3v) is 6.38. The van der Waals surface area contributed by atoms with Crippen LogP contribution in [0.4, 0.5) is 0 Å². The number of likely N-dealkylation sites (tertiary alicyclic amines) is 1. The van der Waals surface area contributed by atoms with Crippen molar-refractivity contribution in [2.75, 3.05) is 19.6 Å². The first-order valence-electron chi connectivity index (χ1n) is 10.6. The quantitative estimate of drug-likeness (QED) is 0.822. The lowest BCUT2D eigenvalue weighted by molar-refractivity contribution is -0.134. The van der Waals surface area contributed by atoms with Crippen LogP contribution in [-0.2, 0) is 16.0 Å². The lowest BCUT2D eigenvalue weighted by Crippen LogP contribution is -2.45. The molecule has 1 saturated heterocycles. The van der Waals surface area contributed by atoms with Crippen molar-refractivity contribution in [3.05, 3.63) is 54.4 Å². The maximum atomic E-state index is 13.1. The molecule has 0 spiro atoms. The number of carbonyl (C=O) groups is 2. The Morgan fingerprint density at radius 1 is 1.24 bits per heavy atom. The van der Waals surface area contributed by atoms with E-state index in [9.17, 15) is 9.59 Å². The van der Waals surface area contributed by atoms with E-state index in [2.05, 4.69) is 35.4 Å². The van der Waals surface area contributed by atoms with E-state index in [0.29, 0.717) is 38.4 Å². The van der Waals surface area contributed by atoms with Crippen LogP contribution in [0.25, 0.3) is 11.1 Å². The van der Waals surface area contributed by atoms with Crippen LogP contribution in [0.2, 0.25) is 0 Å². The molecule has 0 bridgehead atoms. The smallest absolute Gasteiger partial charge is 0.228 e. The largest absolute Gasteiger partial charge is 0.356 e. The van der Waals surface area contributed by atoms with E-state index in [-0.39, 0.29) is 17.7 Å². The predicted molar refractivity (Wildman–Crippen MR) is 113 cm³/mol. The highest BCUT2D eigenvalue weighted by Crippen LogP contribution is 2.42. The number of nitrogens with one attached hydrogen (secondary N) is 1. The zero-order chi connectivity index (χ0) is 20.4. The molecule has 1 aromatic carbocycles. The molecule has 29 heavy (non-hydrogen) atoms. The molecule has 0 radical (unpaired) electrons. The third-order valence-electron chi connectivity index (χ3n) is 6.38. The van der Waals surface area contributed by atoms with Gasteiger partial charge < -0.3 is 10.2 Å². The highest BCUT2D eigenvalue weighted by molar-refractivity contribution is 5.87. The van der Waals surface area contributed by atoms with E-state index in [1.54, 1.807) is 6.20 Å². The fourth-order valence-corrected chi connectivity index (χ4v) is 4.50. The molecule has 3 atom stereocenters. The van der Waals surface area contributed by atoms with Gasteiger partial charge in [0.1, 0.15) is 0 Å². The predicted octanol–water partition coefficient (Wildman–Crippen LogP) is 3.30. The second kappa shape index (κ2) is 7.97. The molecule has 4 rings (SSSR count). The number of hydrogen-bond donors (Lipinski definition) is 1. The SMILES string of the molecule is CCNC(=O)[C@]1(Cc2cccc(-c3cccnc3)c2)CCN(C(=O)[C@@H]2C[C@@H]2C)C1. The second-order valence-electron chi connectivity index (χ2n) is 8.59. The number of benzene rings is 1. The van der Waals surface area contributed by atoms with E-state index >= 15 is 0 Å². The Morgan fingerprint density at radius 3 is 2.72 bits per heavy atom. The normalized spacial score (nSPS) is 25.7. The van der Waals surface area contributed by atoms with Crippen LogP contribution in [0.3, 0.4) is 0 Å². The summed E-state index contributed by atoms with van der Waals surface area (Å²) in [6.45, 7) is 5.85. The standard InChI is InChI=1S/C24H29N3O2/c1-3-26-23(29)24(9-11-27(16-24)22(28)21-12-17(21)2)14-18-6-4-7-19(13-18)20-8-5-10-25-15-20/h4-8,10,13,15,17,21H,3,9,11-12,14,16H2,1-2H3,(H,26,29)/t17-,21+,24-/m0/s1. The zero-order valence-corrected chi connectivity index (χ0v) is 17.2. The molecule has 2 fully saturated rings. The fraction of sp³-hybridized carbons (Fsp3) is 0.458. The summed E-state index contributed by atoms with van der Waals surface area (Å²) in [7, 11) is 0. The molecular weight excluding hydrogens is 362 g/mol. The Kier molecular flexibility index (Phi) is 5.39. The zero-order valence-electron chi connectivity index (χ0n) is 17.2. The van der Waals surface area contributed by atoms with Gasteiger partial charge in [0.05, 0.1) is 5.41 Å². The molecule has 1 aromatic heterocycles. The Hall–Kier alpha value is -2.69. The van der Waals surface area contributed by atoms with Gasteiger partial charge in [-0.15, -0.1) is 0 Å². The van der Waals surface area contributed by atoms with Crippen LogP contribution < -0.4 is 5.32 Å². The highest BCUT2D eigenvalue weighted by atomic mass is 16.2. The molecule has 2 aromatic rings. The molecule has 5 nitrogen and oxygen atoms in total. The van der Waals surface area contributed by atoms with Crippen molar-refractivity contribution in [2.24, 2.45) is 17.3 Å². The Balaban J connectivity index is 1.57. The monoisotopic (exact) mass is 391 g/mol. The third kappa shape index (κ3) is 4.04. The molecule has 2 amide bonds. The lowest BCUT2D eigenvalue weighted by Gasteiger charge is -2.28. The molecule has 152 valence electrons. The van der Waals surface area contributed by atoms with E-state index in [4.69, 9.17) is 0 Å². The lowest BCUT2D eigenvalue weighted by atomic mass is 9.79. The van der Waals surface area contributed by atoms with Crippen molar-refractivity contribution >= 4 is 11.8 Å². The van der Waals surface area contributed by atoms with E-state index in [1.165, 1.54) is 0 Å². The number of nitrogens with zero attached hydrogens (tertiary/aromatic N) is 2. The van der Waals surface area contributed by atoms with Crippen molar-refractivity contribution in [2.45, 2.75) is 33.1 Å². The molecule has 5 heteroatoms. The molecule has 0 unspecified atom stereocenters. The molecule has 1 N–H and O–H groups in total. The van der Waals surface area contributed by atoms with Crippen LogP contribution in [0.1, 0.15) is 32.3 Å². The van der Waals surface area contributed by atoms with Gasteiger partial charge in [-0.25, -0.2) is 0 Å². The van der Waals surface area contributed by atoms with E-state index in [0.717, 1.165) is 23.1 Å². The summed E-state index contributed by atoms with van der Waals surface area (Å²) in [6.07, 6.45) is 5.95. The number of amides is 2. The number of carbonyl (C=O) groups excluding carboxylic acids is 2. The maximum Gasteiger partial charge on any atom is 0.228 e. The molecule has 1 saturated carbocycles. The van der Waals surface area contributed by atoms with Gasteiger partial charge in [0.25, 0.3) is 0 Å². The maximum absolute atomic E-state index is 13.1. The van der Waals surface area contributed by atoms with Crippen LogP contribution in [0.15, 0.2) is 48.8 Å². The van der Waals surface area contributed by atoms with Crippen molar-refractivity contribution in [1.82, 2.24) is 15.2 Å². The fourth-order valence-electron chi connectivity index (χ4n) is 4.50. The highest BCUT2D eigenvalue weighted by Gasteiger charge is 2.49. The molecule has 2 heterocycles. The summed E-state index contributed by atoms with van der Waals surface area (Å²) in [4.78, 5) is 32.0. The van der Waals surface area contributed by atoms with Gasteiger partial charge in [0.15, 0.2) is 0 Å². The summed E-state index contributed by atoms with van der Waals surface area (Å²) in [5.41, 5.74) is 2.72. The summed E-state index contributed by atoms with van der Waals surface area (Å²) in [5, 5.41) is 3.02. The van der Waals surface area contributed by atoms with Crippen molar-refractivity contribution in [1.29, 1.82) is 0 Å². The summed E-state index contributed by atoms with van der Waals surface area (Å²) >= 11 is 0. The van der Waals surface area contributed by atoms with Crippen LogP contribution in [0.5, 0.6) is 0 Å². The van der Waals surface area contributed by atoms with Crippen molar-refractivity contribution < 1.29 is 9.59 Å². The average Bonchev–Trinajstić information content (AvgIpc) is 3.31.